The van der Waals surface area contributed by atoms with Crippen LogP contribution in [0.5, 0.6) is 0 Å². The SMILES string of the molecule is CC(C)C[C@@H](C(=O)O)N(C/C=C/c1ccc(-c2cc(C(N)=O)c(NC(N)=O)s2)cc1)C1CCCC1. The summed E-state index contributed by atoms with van der Waals surface area (Å²) in [6.45, 7) is 4.71. The Morgan fingerprint density at radius 2 is 1.83 bits per heavy atom. The number of urea groups is 1. The van der Waals surface area contributed by atoms with Gasteiger partial charge in [0, 0.05) is 17.5 Å². The van der Waals surface area contributed by atoms with Crippen molar-refractivity contribution in [3.8, 4) is 10.4 Å². The molecule has 0 saturated heterocycles. The predicted octanol–water partition coefficient (Wildman–Crippen LogP) is 4.76. The number of rotatable bonds is 11. The number of primary amides is 2. The molecule has 1 heterocycles. The van der Waals surface area contributed by atoms with E-state index in [0.29, 0.717) is 29.9 Å². The zero-order chi connectivity index (χ0) is 25.5. The maximum Gasteiger partial charge on any atom is 0.320 e. The van der Waals surface area contributed by atoms with Crippen molar-refractivity contribution in [1.82, 2.24) is 4.90 Å². The fourth-order valence-electron chi connectivity index (χ4n) is 4.58. The molecule has 0 unspecified atom stereocenters. The summed E-state index contributed by atoms with van der Waals surface area (Å²) < 4.78 is 0. The molecule has 35 heavy (non-hydrogen) atoms. The van der Waals surface area contributed by atoms with Gasteiger partial charge in [-0.15, -0.1) is 11.3 Å². The number of nitrogens with zero attached hydrogens (tertiary/aromatic N) is 1. The molecule has 0 aliphatic heterocycles. The Morgan fingerprint density at radius 1 is 1.17 bits per heavy atom. The maximum atomic E-state index is 12.0. The summed E-state index contributed by atoms with van der Waals surface area (Å²) in [6, 6.07) is 8.49. The maximum absolute atomic E-state index is 12.0. The van der Waals surface area contributed by atoms with Gasteiger partial charge < -0.3 is 16.6 Å². The molecule has 0 radical (unpaired) electrons. The van der Waals surface area contributed by atoms with Crippen LogP contribution in [0.15, 0.2) is 36.4 Å². The van der Waals surface area contributed by atoms with Crippen LogP contribution in [0.3, 0.4) is 0 Å². The number of carboxylic acid groups (broad SMARTS) is 1. The Balaban J connectivity index is 1.74. The number of benzene rings is 1. The molecule has 1 aliphatic carbocycles. The van der Waals surface area contributed by atoms with Crippen molar-refractivity contribution in [3.63, 3.8) is 0 Å². The number of carboxylic acids is 1. The second-order valence-corrected chi connectivity index (χ2v) is 10.4. The number of hydrogen-bond acceptors (Lipinski definition) is 5. The van der Waals surface area contributed by atoms with Crippen LogP contribution in [-0.4, -0.2) is 46.5 Å². The van der Waals surface area contributed by atoms with E-state index in [9.17, 15) is 19.5 Å². The number of carbonyl (C=O) groups excluding carboxylic acids is 2. The minimum Gasteiger partial charge on any atom is -0.480 e. The lowest BCUT2D eigenvalue weighted by atomic mass is 10.00. The molecule has 9 heteroatoms. The van der Waals surface area contributed by atoms with Crippen LogP contribution in [0, 0.1) is 5.92 Å². The van der Waals surface area contributed by atoms with E-state index in [0.717, 1.165) is 41.7 Å². The Kier molecular flexibility index (Phi) is 9.06. The van der Waals surface area contributed by atoms with Crippen LogP contribution in [0.25, 0.3) is 16.5 Å². The first kappa shape index (κ1) is 26.4. The van der Waals surface area contributed by atoms with E-state index >= 15 is 0 Å². The molecule has 1 aromatic heterocycles. The van der Waals surface area contributed by atoms with Gasteiger partial charge in [-0.05, 0) is 42.4 Å². The van der Waals surface area contributed by atoms with Gasteiger partial charge in [-0.1, -0.05) is 63.1 Å². The van der Waals surface area contributed by atoms with Crippen LogP contribution in [0.1, 0.15) is 61.9 Å². The molecule has 3 amide bonds. The van der Waals surface area contributed by atoms with Crippen molar-refractivity contribution in [2.45, 2.75) is 58.0 Å². The molecule has 2 aromatic rings. The topological polar surface area (TPSA) is 139 Å². The standard InChI is InChI=1S/C26H34N4O4S/c1-16(2)14-21(25(32)33)30(19-7-3-4-8-19)13-5-6-17-9-11-18(12-10-17)22-15-20(23(27)31)24(35-22)29-26(28)34/h5-6,9-12,15-16,19,21H,3-4,7-8,13-14H2,1-2H3,(H2,27,31)(H,32,33)(H3,28,29,34)/b6-5+/t21-/m0/s1. The number of carbonyl (C=O) groups is 3. The fraction of sp³-hybridized carbons (Fsp3) is 0.423. The summed E-state index contributed by atoms with van der Waals surface area (Å²) >= 11 is 1.23. The molecule has 1 aliphatic rings. The highest BCUT2D eigenvalue weighted by atomic mass is 32.1. The molecule has 1 atom stereocenters. The van der Waals surface area contributed by atoms with Crippen molar-refractivity contribution >= 4 is 40.3 Å². The summed E-state index contributed by atoms with van der Waals surface area (Å²) in [7, 11) is 0. The van der Waals surface area contributed by atoms with Gasteiger partial charge in [-0.3, -0.25) is 19.8 Å². The van der Waals surface area contributed by atoms with E-state index in [4.69, 9.17) is 11.5 Å². The minimum atomic E-state index is -0.758. The van der Waals surface area contributed by atoms with E-state index in [-0.39, 0.29) is 5.56 Å². The quantitative estimate of drug-likeness (QED) is 0.354. The van der Waals surface area contributed by atoms with Crippen molar-refractivity contribution < 1.29 is 19.5 Å². The van der Waals surface area contributed by atoms with Gasteiger partial charge in [-0.25, -0.2) is 4.79 Å². The van der Waals surface area contributed by atoms with Crippen LogP contribution >= 0.6 is 11.3 Å². The molecule has 3 rings (SSSR count). The molecule has 0 spiro atoms. The highest BCUT2D eigenvalue weighted by Crippen LogP contribution is 2.35. The summed E-state index contributed by atoms with van der Waals surface area (Å²) in [5.41, 5.74) is 12.7. The van der Waals surface area contributed by atoms with Crippen molar-refractivity contribution in [2.24, 2.45) is 17.4 Å². The summed E-state index contributed by atoms with van der Waals surface area (Å²) in [6.07, 6.45) is 9.07. The second-order valence-electron chi connectivity index (χ2n) is 9.35. The van der Waals surface area contributed by atoms with Gasteiger partial charge in [0.15, 0.2) is 0 Å². The fourth-order valence-corrected chi connectivity index (χ4v) is 5.65. The Morgan fingerprint density at radius 3 is 2.37 bits per heavy atom. The van der Waals surface area contributed by atoms with Crippen LogP contribution in [0.4, 0.5) is 9.80 Å². The third-order valence-electron chi connectivity index (χ3n) is 6.23. The number of thiophene rings is 1. The average molecular weight is 499 g/mol. The number of nitrogens with one attached hydrogen (secondary N) is 1. The van der Waals surface area contributed by atoms with E-state index in [1.165, 1.54) is 11.3 Å². The van der Waals surface area contributed by atoms with Gasteiger partial charge in [0.1, 0.15) is 11.0 Å². The van der Waals surface area contributed by atoms with Gasteiger partial charge >= 0.3 is 12.0 Å². The average Bonchev–Trinajstić information content (AvgIpc) is 3.46. The van der Waals surface area contributed by atoms with Crippen LogP contribution in [-0.2, 0) is 4.79 Å². The Bertz CT molecular complexity index is 1070. The number of aliphatic carboxylic acids is 1. The largest absolute Gasteiger partial charge is 0.480 e. The van der Waals surface area contributed by atoms with E-state index in [1.54, 1.807) is 6.07 Å². The smallest absolute Gasteiger partial charge is 0.320 e. The minimum absolute atomic E-state index is 0.217. The first-order chi connectivity index (χ1) is 16.7. The lowest BCUT2D eigenvalue weighted by Gasteiger charge is -2.34. The molecular weight excluding hydrogens is 464 g/mol. The molecule has 1 aromatic carbocycles. The van der Waals surface area contributed by atoms with Crippen molar-refractivity contribution in [1.29, 1.82) is 0 Å². The molecule has 0 bridgehead atoms. The highest BCUT2D eigenvalue weighted by Gasteiger charge is 2.32. The van der Waals surface area contributed by atoms with Gasteiger partial charge in [0.25, 0.3) is 5.91 Å². The zero-order valence-corrected chi connectivity index (χ0v) is 21.0. The second kappa shape index (κ2) is 12.0. The molecule has 6 N–H and O–H groups in total. The molecular formula is C26H34N4O4S. The molecule has 1 fully saturated rings. The number of hydrogen-bond donors (Lipinski definition) is 4. The number of nitrogens with two attached hydrogens (primary N) is 2. The highest BCUT2D eigenvalue weighted by molar-refractivity contribution is 7.20. The Hall–Kier alpha value is -3.17. The zero-order valence-electron chi connectivity index (χ0n) is 20.2. The van der Waals surface area contributed by atoms with Crippen LogP contribution in [0.2, 0.25) is 0 Å². The third-order valence-corrected chi connectivity index (χ3v) is 7.33. The summed E-state index contributed by atoms with van der Waals surface area (Å²) in [4.78, 5) is 37.9. The Labute approximate surface area is 210 Å². The van der Waals surface area contributed by atoms with Gasteiger partial charge in [0.05, 0.1) is 5.56 Å². The van der Waals surface area contributed by atoms with Crippen molar-refractivity contribution in [2.75, 3.05) is 11.9 Å². The number of anilines is 1. The van der Waals surface area contributed by atoms with Crippen molar-refractivity contribution in [3.05, 3.63) is 47.5 Å². The number of amides is 3. The summed E-state index contributed by atoms with van der Waals surface area (Å²) in [5.74, 6) is -1.08. The lowest BCUT2D eigenvalue weighted by Crippen LogP contribution is -2.47. The van der Waals surface area contributed by atoms with E-state index in [1.807, 2.05) is 36.4 Å². The lowest BCUT2D eigenvalue weighted by molar-refractivity contribution is -0.144. The first-order valence-corrected chi connectivity index (χ1v) is 12.7. The predicted molar refractivity (Wildman–Crippen MR) is 140 cm³/mol. The molecule has 8 nitrogen and oxygen atoms in total. The molecule has 188 valence electrons. The normalized spacial score (nSPS) is 15.2. The summed E-state index contributed by atoms with van der Waals surface area (Å²) in [5, 5.41) is 12.7. The van der Waals surface area contributed by atoms with Crippen LogP contribution < -0.4 is 16.8 Å². The van der Waals surface area contributed by atoms with E-state index < -0.39 is 23.9 Å². The van der Waals surface area contributed by atoms with Gasteiger partial charge in [0.2, 0.25) is 0 Å². The molecule has 1 saturated carbocycles. The third kappa shape index (κ3) is 7.16. The first-order valence-electron chi connectivity index (χ1n) is 11.9. The van der Waals surface area contributed by atoms with Gasteiger partial charge in [-0.2, -0.15) is 0 Å². The van der Waals surface area contributed by atoms with E-state index in [2.05, 4.69) is 24.1 Å². The monoisotopic (exact) mass is 498 g/mol.